The van der Waals surface area contributed by atoms with Crippen molar-refractivity contribution in [3.8, 4) is 5.75 Å². The first-order valence-electron chi connectivity index (χ1n) is 11.2. The van der Waals surface area contributed by atoms with Crippen molar-refractivity contribution in [2.75, 3.05) is 6.61 Å². The van der Waals surface area contributed by atoms with Crippen LogP contribution in [-0.2, 0) is 0 Å². The van der Waals surface area contributed by atoms with E-state index in [0.29, 0.717) is 6.61 Å². The van der Waals surface area contributed by atoms with Gasteiger partial charge >= 0.3 is 0 Å². The average Bonchev–Trinajstić information content (AvgIpc) is 2.77. The van der Waals surface area contributed by atoms with Gasteiger partial charge in [0.15, 0.2) is 0 Å². The summed E-state index contributed by atoms with van der Waals surface area (Å²) >= 11 is 0. The van der Waals surface area contributed by atoms with Crippen molar-refractivity contribution in [1.29, 1.82) is 0 Å². The molecule has 2 aliphatic carbocycles. The SMILES string of the molecule is C=CCOc1ccc2cc(C3CCC(C4CCC(C=C)CC4)CC3)ccc2c1. The summed E-state index contributed by atoms with van der Waals surface area (Å²) in [6.07, 6.45) is 15.1. The maximum atomic E-state index is 5.67. The van der Waals surface area contributed by atoms with Gasteiger partial charge in [-0.05, 0) is 104 Å². The van der Waals surface area contributed by atoms with E-state index in [1.165, 1.54) is 67.7 Å². The Bertz CT molecular complexity index is 804. The van der Waals surface area contributed by atoms with Gasteiger partial charge in [-0.2, -0.15) is 0 Å². The van der Waals surface area contributed by atoms with Crippen LogP contribution < -0.4 is 4.74 Å². The van der Waals surface area contributed by atoms with E-state index in [0.717, 1.165) is 29.4 Å². The number of allylic oxidation sites excluding steroid dienone is 1. The molecule has 0 spiro atoms. The van der Waals surface area contributed by atoms with Crippen LogP contribution in [0.4, 0.5) is 0 Å². The zero-order valence-electron chi connectivity index (χ0n) is 17.1. The summed E-state index contributed by atoms with van der Waals surface area (Å²) < 4.78 is 5.67. The second kappa shape index (κ2) is 8.99. The normalized spacial score (nSPS) is 28.0. The lowest BCUT2D eigenvalue weighted by molar-refractivity contribution is 0.171. The monoisotopic (exact) mass is 374 g/mol. The summed E-state index contributed by atoms with van der Waals surface area (Å²) in [4.78, 5) is 0. The Morgan fingerprint density at radius 2 is 1.43 bits per heavy atom. The van der Waals surface area contributed by atoms with Crippen LogP contribution in [0.15, 0.2) is 61.7 Å². The number of hydrogen-bond donors (Lipinski definition) is 0. The van der Waals surface area contributed by atoms with E-state index in [2.05, 4.69) is 55.6 Å². The third-order valence-corrected chi connectivity index (χ3v) is 7.26. The highest BCUT2D eigenvalue weighted by molar-refractivity contribution is 5.84. The molecule has 0 radical (unpaired) electrons. The first-order chi connectivity index (χ1) is 13.8. The molecule has 0 aromatic heterocycles. The molecule has 0 heterocycles. The molecular weight excluding hydrogens is 340 g/mol. The van der Waals surface area contributed by atoms with E-state index in [1.54, 1.807) is 6.08 Å². The van der Waals surface area contributed by atoms with E-state index in [9.17, 15) is 0 Å². The van der Waals surface area contributed by atoms with Crippen LogP contribution in [-0.4, -0.2) is 6.61 Å². The predicted octanol–water partition coefficient (Wildman–Crippen LogP) is 7.67. The summed E-state index contributed by atoms with van der Waals surface area (Å²) in [5.41, 5.74) is 1.53. The van der Waals surface area contributed by atoms with Crippen LogP contribution in [0, 0.1) is 17.8 Å². The van der Waals surface area contributed by atoms with Crippen LogP contribution in [0.5, 0.6) is 5.75 Å². The summed E-state index contributed by atoms with van der Waals surface area (Å²) in [6.45, 7) is 8.27. The molecule has 28 heavy (non-hydrogen) atoms. The number of ether oxygens (including phenoxy) is 1. The third kappa shape index (κ3) is 4.35. The quantitative estimate of drug-likeness (QED) is 0.471. The number of fused-ring (bicyclic) bond motifs is 1. The van der Waals surface area contributed by atoms with Crippen molar-refractivity contribution in [3.05, 3.63) is 67.3 Å². The molecule has 2 fully saturated rings. The molecule has 148 valence electrons. The molecule has 0 bridgehead atoms. The second-order valence-electron chi connectivity index (χ2n) is 8.89. The molecule has 2 saturated carbocycles. The Kier molecular flexibility index (Phi) is 6.20. The van der Waals surface area contributed by atoms with Crippen LogP contribution in [0.1, 0.15) is 62.8 Å². The van der Waals surface area contributed by atoms with E-state index >= 15 is 0 Å². The topological polar surface area (TPSA) is 9.23 Å². The van der Waals surface area contributed by atoms with Gasteiger partial charge in [0.25, 0.3) is 0 Å². The van der Waals surface area contributed by atoms with Crippen molar-refractivity contribution in [1.82, 2.24) is 0 Å². The Morgan fingerprint density at radius 1 is 0.786 bits per heavy atom. The lowest BCUT2D eigenvalue weighted by Crippen LogP contribution is -2.25. The van der Waals surface area contributed by atoms with Crippen LogP contribution in [0.3, 0.4) is 0 Å². The molecular formula is C27H34O. The molecule has 2 aromatic rings. The molecule has 1 heteroatoms. The Hall–Kier alpha value is -2.02. The van der Waals surface area contributed by atoms with Crippen molar-refractivity contribution < 1.29 is 4.74 Å². The Morgan fingerprint density at radius 3 is 2.11 bits per heavy atom. The van der Waals surface area contributed by atoms with Gasteiger partial charge < -0.3 is 4.74 Å². The van der Waals surface area contributed by atoms with E-state index < -0.39 is 0 Å². The smallest absolute Gasteiger partial charge is 0.120 e. The number of hydrogen-bond acceptors (Lipinski definition) is 1. The van der Waals surface area contributed by atoms with Gasteiger partial charge in [-0.1, -0.05) is 43.0 Å². The molecule has 0 unspecified atom stereocenters. The first-order valence-corrected chi connectivity index (χ1v) is 11.2. The van der Waals surface area contributed by atoms with Gasteiger partial charge in [0.05, 0.1) is 0 Å². The van der Waals surface area contributed by atoms with E-state index in [-0.39, 0.29) is 0 Å². The zero-order chi connectivity index (χ0) is 19.3. The Labute approximate surface area is 170 Å². The molecule has 4 rings (SSSR count). The van der Waals surface area contributed by atoms with Gasteiger partial charge in [-0.3, -0.25) is 0 Å². The molecule has 0 N–H and O–H groups in total. The fourth-order valence-corrected chi connectivity index (χ4v) is 5.52. The minimum atomic E-state index is 0.558. The first kappa shape index (κ1) is 19.3. The van der Waals surface area contributed by atoms with E-state index in [1.807, 2.05) is 0 Å². The van der Waals surface area contributed by atoms with Gasteiger partial charge in [0, 0.05) is 0 Å². The molecule has 0 saturated heterocycles. The molecule has 0 atom stereocenters. The molecule has 0 aliphatic heterocycles. The van der Waals surface area contributed by atoms with Crippen molar-refractivity contribution in [2.24, 2.45) is 17.8 Å². The number of rotatable bonds is 6. The van der Waals surface area contributed by atoms with Gasteiger partial charge in [0.1, 0.15) is 12.4 Å². The molecule has 2 aliphatic rings. The number of benzene rings is 2. The van der Waals surface area contributed by atoms with Crippen LogP contribution in [0.25, 0.3) is 10.8 Å². The third-order valence-electron chi connectivity index (χ3n) is 7.26. The fourth-order valence-electron chi connectivity index (χ4n) is 5.52. The molecule has 0 amide bonds. The maximum absolute atomic E-state index is 5.67. The minimum absolute atomic E-state index is 0.558. The van der Waals surface area contributed by atoms with Crippen molar-refractivity contribution >= 4 is 10.8 Å². The van der Waals surface area contributed by atoms with Gasteiger partial charge in [-0.15, -0.1) is 6.58 Å². The van der Waals surface area contributed by atoms with Crippen molar-refractivity contribution in [2.45, 2.75) is 57.3 Å². The lowest BCUT2D eigenvalue weighted by Gasteiger charge is -2.37. The highest BCUT2D eigenvalue weighted by Gasteiger charge is 2.30. The average molecular weight is 375 g/mol. The molecule has 1 nitrogen and oxygen atoms in total. The maximum Gasteiger partial charge on any atom is 0.120 e. The Balaban J connectivity index is 1.37. The predicted molar refractivity (Wildman–Crippen MR) is 120 cm³/mol. The van der Waals surface area contributed by atoms with Gasteiger partial charge in [-0.25, -0.2) is 0 Å². The van der Waals surface area contributed by atoms with Crippen molar-refractivity contribution in [3.63, 3.8) is 0 Å². The van der Waals surface area contributed by atoms with Crippen LogP contribution >= 0.6 is 0 Å². The van der Waals surface area contributed by atoms with Gasteiger partial charge in [0.2, 0.25) is 0 Å². The fraction of sp³-hybridized carbons (Fsp3) is 0.481. The standard InChI is InChI=1S/C27H34O/c1-3-17-28-27-16-15-25-18-24(13-14-26(25)19-27)23-11-9-22(10-12-23)21-7-5-20(4-2)6-8-21/h3-4,13-16,18-23H,1-2,5-12,17H2. The zero-order valence-corrected chi connectivity index (χ0v) is 17.1. The van der Waals surface area contributed by atoms with E-state index in [4.69, 9.17) is 4.74 Å². The van der Waals surface area contributed by atoms with Crippen LogP contribution in [0.2, 0.25) is 0 Å². The summed E-state index contributed by atoms with van der Waals surface area (Å²) in [7, 11) is 0. The lowest BCUT2D eigenvalue weighted by atomic mass is 9.68. The molecule has 2 aromatic carbocycles. The summed E-state index contributed by atoms with van der Waals surface area (Å²) in [5, 5.41) is 2.59. The largest absolute Gasteiger partial charge is 0.490 e. The highest BCUT2D eigenvalue weighted by atomic mass is 16.5. The second-order valence-corrected chi connectivity index (χ2v) is 8.89. The summed E-state index contributed by atoms with van der Waals surface area (Å²) in [5.74, 6) is 4.39. The highest BCUT2D eigenvalue weighted by Crippen LogP contribution is 2.44. The summed E-state index contributed by atoms with van der Waals surface area (Å²) in [6, 6.07) is 13.4. The minimum Gasteiger partial charge on any atom is -0.490 e.